The Morgan fingerprint density at radius 2 is 1.59 bits per heavy atom. The second kappa shape index (κ2) is 11.5. The summed E-state index contributed by atoms with van der Waals surface area (Å²) in [5.74, 6) is 0.580. The number of piperazine rings is 1. The Labute approximate surface area is 202 Å². The van der Waals surface area contributed by atoms with E-state index in [-0.39, 0.29) is 23.0 Å². The fraction of sp³-hybridized carbons (Fsp3) is 0.481. The molecule has 2 aromatic carbocycles. The fourth-order valence-corrected chi connectivity index (χ4v) is 4.02. The van der Waals surface area contributed by atoms with Gasteiger partial charge in [0.05, 0.1) is 7.11 Å². The highest BCUT2D eigenvalue weighted by molar-refractivity contribution is 5.94. The van der Waals surface area contributed by atoms with Crippen LogP contribution in [-0.2, 0) is 11.3 Å². The largest absolute Gasteiger partial charge is 0.497 e. The molecule has 0 atom stereocenters. The monoisotopic (exact) mass is 469 g/mol. The fourth-order valence-electron chi connectivity index (χ4n) is 4.02. The molecule has 1 fully saturated rings. The van der Waals surface area contributed by atoms with Crippen LogP contribution in [0.1, 0.15) is 43.1 Å². The summed E-state index contributed by atoms with van der Waals surface area (Å²) in [4.78, 5) is 31.9. The van der Waals surface area contributed by atoms with Crippen molar-refractivity contribution in [2.75, 3.05) is 46.4 Å². The molecule has 1 saturated heterocycles. The van der Waals surface area contributed by atoms with Gasteiger partial charge in [-0.3, -0.25) is 14.5 Å². The van der Waals surface area contributed by atoms with Gasteiger partial charge >= 0.3 is 0 Å². The predicted octanol–water partition coefficient (Wildman–Crippen LogP) is 4.06. The number of hydrogen-bond acceptors (Lipinski definition) is 4. The lowest BCUT2D eigenvalue weighted by Crippen LogP contribution is -2.50. The van der Waals surface area contributed by atoms with E-state index >= 15 is 0 Å². The maximum absolute atomic E-state index is 13.3. The molecule has 0 aliphatic carbocycles. The maximum Gasteiger partial charge on any atom is 0.253 e. The normalized spacial score (nSPS) is 14.7. The van der Waals surface area contributed by atoms with Crippen molar-refractivity contribution >= 4 is 11.8 Å². The smallest absolute Gasteiger partial charge is 0.253 e. The molecule has 0 aromatic heterocycles. The van der Waals surface area contributed by atoms with E-state index < -0.39 is 0 Å². The van der Waals surface area contributed by atoms with Gasteiger partial charge in [-0.05, 0) is 47.4 Å². The highest BCUT2D eigenvalue weighted by Gasteiger charge is 2.25. The second-order valence-electron chi connectivity index (χ2n) is 10.0. The van der Waals surface area contributed by atoms with E-state index in [2.05, 4.69) is 25.7 Å². The Morgan fingerprint density at radius 3 is 2.15 bits per heavy atom. The predicted molar refractivity (Wildman–Crippen MR) is 131 cm³/mol. The number of benzene rings is 2. The van der Waals surface area contributed by atoms with E-state index in [1.807, 2.05) is 9.80 Å². The van der Waals surface area contributed by atoms with Crippen LogP contribution in [0.2, 0.25) is 0 Å². The molecule has 1 aliphatic rings. The zero-order chi connectivity index (χ0) is 24.7. The quantitative estimate of drug-likeness (QED) is 0.585. The molecule has 0 N–H and O–H groups in total. The summed E-state index contributed by atoms with van der Waals surface area (Å²) in [6.07, 6.45) is 0.457. The third-order valence-electron chi connectivity index (χ3n) is 6.00. The van der Waals surface area contributed by atoms with E-state index in [9.17, 15) is 14.0 Å². The van der Waals surface area contributed by atoms with Crippen LogP contribution in [0.4, 0.5) is 4.39 Å². The molecule has 1 heterocycles. The summed E-state index contributed by atoms with van der Waals surface area (Å²) < 4.78 is 18.5. The number of ether oxygens (including phenoxy) is 1. The van der Waals surface area contributed by atoms with Gasteiger partial charge in [-0.2, -0.15) is 0 Å². The summed E-state index contributed by atoms with van der Waals surface area (Å²) in [7, 11) is 1.60. The van der Waals surface area contributed by atoms with Gasteiger partial charge in [0.2, 0.25) is 5.91 Å². The van der Waals surface area contributed by atoms with E-state index in [0.717, 1.165) is 30.9 Å². The van der Waals surface area contributed by atoms with E-state index in [1.54, 1.807) is 43.5 Å². The molecule has 3 rings (SSSR count). The average molecular weight is 470 g/mol. The van der Waals surface area contributed by atoms with E-state index in [0.29, 0.717) is 38.2 Å². The van der Waals surface area contributed by atoms with Crippen molar-refractivity contribution in [1.82, 2.24) is 14.7 Å². The van der Waals surface area contributed by atoms with Crippen LogP contribution in [-0.4, -0.2) is 72.9 Å². The van der Waals surface area contributed by atoms with Gasteiger partial charge in [0.25, 0.3) is 5.91 Å². The average Bonchev–Trinajstić information content (AvgIpc) is 2.81. The number of methoxy groups -OCH3 is 1. The molecule has 2 amide bonds. The minimum Gasteiger partial charge on any atom is -0.497 e. The minimum absolute atomic E-state index is 0.0283. The van der Waals surface area contributed by atoms with Gasteiger partial charge < -0.3 is 14.5 Å². The number of carbonyl (C=O) groups excluding carboxylic acids is 2. The molecule has 1 aliphatic heterocycles. The van der Waals surface area contributed by atoms with Gasteiger partial charge in [0, 0.05) is 57.8 Å². The van der Waals surface area contributed by atoms with Crippen molar-refractivity contribution in [1.29, 1.82) is 0 Å². The molecule has 0 radical (unpaired) electrons. The SMILES string of the molecule is COc1ccc(C(=O)N2CCN(CCN(Cc3ccc(F)cc3)C(=O)CC(C)(C)C)CC2)cc1. The molecular formula is C27H36FN3O3. The molecule has 0 unspecified atom stereocenters. The topological polar surface area (TPSA) is 53.1 Å². The van der Waals surface area contributed by atoms with Crippen LogP contribution >= 0.6 is 0 Å². The molecule has 2 aromatic rings. The maximum atomic E-state index is 13.3. The zero-order valence-electron chi connectivity index (χ0n) is 20.7. The Bertz CT molecular complexity index is 947. The van der Waals surface area contributed by atoms with Gasteiger partial charge in [0.15, 0.2) is 0 Å². The lowest BCUT2D eigenvalue weighted by atomic mass is 9.91. The Hall–Kier alpha value is -2.93. The Balaban J connectivity index is 1.54. The van der Waals surface area contributed by atoms with Crippen LogP contribution in [0.15, 0.2) is 48.5 Å². The van der Waals surface area contributed by atoms with Gasteiger partial charge in [-0.1, -0.05) is 32.9 Å². The van der Waals surface area contributed by atoms with Crippen LogP contribution in [0, 0.1) is 11.2 Å². The number of rotatable bonds is 8. The summed E-state index contributed by atoms with van der Waals surface area (Å²) in [5, 5.41) is 0. The number of halogens is 1. The van der Waals surface area contributed by atoms with Gasteiger partial charge in [0.1, 0.15) is 11.6 Å². The first-order valence-electron chi connectivity index (χ1n) is 11.8. The highest BCUT2D eigenvalue weighted by Crippen LogP contribution is 2.21. The van der Waals surface area contributed by atoms with Gasteiger partial charge in [-0.25, -0.2) is 4.39 Å². The van der Waals surface area contributed by atoms with Crippen molar-refractivity contribution in [3.63, 3.8) is 0 Å². The van der Waals surface area contributed by atoms with Crippen molar-refractivity contribution in [3.8, 4) is 5.75 Å². The van der Waals surface area contributed by atoms with Crippen LogP contribution in [0.3, 0.4) is 0 Å². The van der Waals surface area contributed by atoms with E-state index in [4.69, 9.17) is 4.74 Å². The summed E-state index contributed by atoms with van der Waals surface area (Å²) in [5.41, 5.74) is 1.47. The van der Waals surface area contributed by atoms with E-state index in [1.165, 1.54) is 12.1 Å². The summed E-state index contributed by atoms with van der Waals surface area (Å²) in [6, 6.07) is 13.5. The third-order valence-corrected chi connectivity index (χ3v) is 6.00. The van der Waals surface area contributed by atoms with Crippen molar-refractivity contribution in [2.45, 2.75) is 33.7 Å². The molecule has 0 bridgehead atoms. The third kappa shape index (κ3) is 7.55. The molecule has 34 heavy (non-hydrogen) atoms. The minimum atomic E-state index is -0.279. The van der Waals surface area contributed by atoms with Crippen molar-refractivity contribution in [2.24, 2.45) is 5.41 Å². The van der Waals surface area contributed by atoms with Crippen molar-refractivity contribution in [3.05, 3.63) is 65.5 Å². The number of hydrogen-bond donors (Lipinski definition) is 0. The first kappa shape index (κ1) is 25.7. The molecule has 0 saturated carbocycles. The molecule has 0 spiro atoms. The Morgan fingerprint density at radius 1 is 0.971 bits per heavy atom. The molecule has 6 nitrogen and oxygen atoms in total. The number of amides is 2. The molecular weight excluding hydrogens is 433 g/mol. The second-order valence-corrected chi connectivity index (χ2v) is 10.0. The number of nitrogens with zero attached hydrogens (tertiary/aromatic N) is 3. The summed E-state index contributed by atoms with van der Waals surface area (Å²) >= 11 is 0. The lowest BCUT2D eigenvalue weighted by molar-refractivity contribution is -0.134. The first-order chi connectivity index (χ1) is 16.1. The van der Waals surface area contributed by atoms with Crippen LogP contribution in [0.5, 0.6) is 5.75 Å². The van der Waals surface area contributed by atoms with Crippen LogP contribution in [0.25, 0.3) is 0 Å². The van der Waals surface area contributed by atoms with Gasteiger partial charge in [-0.15, -0.1) is 0 Å². The molecule has 7 heteroatoms. The van der Waals surface area contributed by atoms with Crippen LogP contribution < -0.4 is 4.74 Å². The molecule has 184 valence electrons. The lowest BCUT2D eigenvalue weighted by Gasteiger charge is -2.36. The Kier molecular flexibility index (Phi) is 8.67. The first-order valence-corrected chi connectivity index (χ1v) is 11.8. The van der Waals surface area contributed by atoms with Crippen molar-refractivity contribution < 1.29 is 18.7 Å². The standard InChI is InChI=1S/C27H36FN3O3/c1-27(2,3)19-25(32)31(20-21-5-9-23(28)10-6-21)18-15-29-13-16-30(17-14-29)26(33)22-7-11-24(34-4)12-8-22/h5-12H,13-20H2,1-4H3. The summed E-state index contributed by atoms with van der Waals surface area (Å²) in [6.45, 7) is 10.8. The zero-order valence-corrected chi connectivity index (χ0v) is 20.7. The number of carbonyl (C=O) groups is 2. The highest BCUT2D eigenvalue weighted by atomic mass is 19.1.